The maximum atomic E-state index is 5.51. The molecule has 0 saturated carbocycles. The van der Waals surface area contributed by atoms with Gasteiger partial charge in [-0.15, -0.1) is 5.10 Å². The summed E-state index contributed by atoms with van der Waals surface area (Å²) >= 11 is 1.67. The van der Waals surface area contributed by atoms with Gasteiger partial charge in [-0.05, 0) is 35.2 Å². The van der Waals surface area contributed by atoms with Crippen molar-refractivity contribution in [1.29, 1.82) is 0 Å². The second-order valence-electron chi connectivity index (χ2n) is 3.93. The monoisotopic (exact) mass is 251 g/mol. The molecule has 0 aromatic carbocycles. The fourth-order valence-electron chi connectivity index (χ4n) is 1.78. The topological polar surface area (TPSA) is 60.2 Å². The maximum absolute atomic E-state index is 5.51. The van der Waals surface area contributed by atoms with Crippen LogP contribution in [-0.2, 0) is 11.3 Å². The van der Waals surface area contributed by atoms with E-state index in [2.05, 4.69) is 27.0 Å². The smallest absolute Gasteiger partial charge is 0.315 e. The zero-order valence-electron chi connectivity index (χ0n) is 9.26. The normalized spacial score (nSPS) is 19.6. The van der Waals surface area contributed by atoms with Gasteiger partial charge < -0.3 is 14.5 Å². The highest BCUT2D eigenvalue weighted by atomic mass is 32.1. The van der Waals surface area contributed by atoms with Crippen molar-refractivity contribution < 1.29 is 9.15 Å². The second-order valence-corrected chi connectivity index (χ2v) is 4.71. The third kappa shape index (κ3) is 2.48. The van der Waals surface area contributed by atoms with Gasteiger partial charge >= 0.3 is 6.01 Å². The molecule has 1 fully saturated rings. The molecular formula is C11H13N3O2S. The molecule has 17 heavy (non-hydrogen) atoms. The molecule has 1 N–H and O–H groups in total. The van der Waals surface area contributed by atoms with Crippen LogP contribution in [0.2, 0.25) is 0 Å². The van der Waals surface area contributed by atoms with Crippen molar-refractivity contribution in [1.82, 2.24) is 10.2 Å². The molecule has 1 atom stereocenters. The molecule has 2 aromatic heterocycles. The van der Waals surface area contributed by atoms with E-state index in [9.17, 15) is 0 Å². The number of nitrogens with one attached hydrogen (secondary N) is 1. The molecule has 3 heterocycles. The summed E-state index contributed by atoms with van der Waals surface area (Å²) in [6.45, 7) is 1.49. The summed E-state index contributed by atoms with van der Waals surface area (Å²) in [5, 5.41) is 15.2. The first-order valence-electron chi connectivity index (χ1n) is 5.62. The lowest BCUT2D eigenvalue weighted by atomic mass is 10.2. The fourth-order valence-corrected chi connectivity index (χ4v) is 2.45. The van der Waals surface area contributed by atoms with Crippen molar-refractivity contribution in [3.05, 3.63) is 28.3 Å². The number of hydrogen-bond acceptors (Lipinski definition) is 6. The molecule has 1 unspecified atom stereocenters. The van der Waals surface area contributed by atoms with Gasteiger partial charge in [0.25, 0.3) is 0 Å². The molecule has 0 aliphatic carbocycles. The van der Waals surface area contributed by atoms with Crippen LogP contribution >= 0.6 is 11.3 Å². The van der Waals surface area contributed by atoms with Gasteiger partial charge in [0.2, 0.25) is 5.89 Å². The van der Waals surface area contributed by atoms with Crippen LogP contribution in [0.5, 0.6) is 0 Å². The Balaban J connectivity index is 1.60. The number of anilines is 1. The van der Waals surface area contributed by atoms with Crippen molar-refractivity contribution in [3.8, 4) is 0 Å². The van der Waals surface area contributed by atoms with Crippen LogP contribution in [0.25, 0.3) is 0 Å². The molecule has 3 rings (SSSR count). The van der Waals surface area contributed by atoms with Gasteiger partial charge in [0.15, 0.2) is 0 Å². The molecule has 0 bridgehead atoms. The van der Waals surface area contributed by atoms with Crippen LogP contribution in [0.15, 0.2) is 21.2 Å². The average molecular weight is 251 g/mol. The average Bonchev–Trinajstić information content (AvgIpc) is 3.09. The van der Waals surface area contributed by atoms with E-state index < -0.39 is 0 Å². The molecule has 6 heteroatoms. The van der Waals surface area contributed by atoms with E-state index in [0.717, 1.165) is 19.4 Å². The van der Waals surface area contributed by atoms with Crippen LogP contribution in [0.1, 0.15) is 30.4 Å². The summed E-state index contributed by atoms with van der Waals surface area (Å²) in [5.74, 6) is 0.579. The van der Waals surface area contributed by atoms with Crippen LogP contribution < -0.4 is 5.32 Å². The van der Waals surface area contributed by atoms with Gasteiger partial charge in [-0.2, -0.15) is 11.3 Å². The number of rotatable bonds is 4. The Bertz CT molecular complexity index is 463. The number of hydrogen-bond donors (Lipinski definition) is 1. The summed E-state index contributed by atoms with van der Waals surface area (Å²) in [5.41, 5.74) is 1.21. The largest absolute Gasteiger partial charge is 0.405 e. The summed E-state index contributed by atoms with van der Waals surface area (Å²) < 4.78 is 11.0. The zero-order chi connectivity index (χ0) is 11.5. The highest BCUT2D eigenvalue weighted by Gasteiger charge is 2.23. The molecule has 0 radical (unpaired) electrons. The molecule has 90 valence electrons. The number of nitrogens with zero attached hydrogens (tertiary/aromatic N) is 2. The number of thiophene rings is 1. The van der Waals surface area contributed by atoms with Gasteiger partial charge in [-0.1, -0.05) is 5.10 Å². The van der Waals surface area contributed by atoms with Gasteiger partial charge in [-0.3, -0.25) is 0 Å². The van der Waals surface area contributed by atoms with Crippen molar-refractivity contribution in [2.24, 2.45) is 0 Å². The maximum Gasteiger partial charge on any atom is 0.315 e. The van der Waals surface area contributed by atoms with E-state index in [0.29, 0.717) is 18.5 Å². The summed E-state index contributed by atoms with van der Waals surface area (Å²) in [4.78, 5) is 0. The third-order valence-corrected chi connectivity index (χ3v) is 3.40. The Kier molecular flexibility index (Phi) is 3.06. The van der Waals surface area contributed by atoms with E-state index >= 15 is 0 Å². The first kappa shape index (κ1) is 10.7. The van der Waals surface area contributed by atoms with Gasteiger partial charge in [0.1, 0.15) is 6.10 Å². The summed E-state index contributed by atoms with van der Waals surface area (Å²) in [6, 6.07) is 2.52. The lowest BCUT2D eigenvalue weighted by molar-refractivity contribution is 0.0897. The van der Waals surface area contributed by atoms with E-state index in [4.69, 9.17) is 9.15 Å². The predicted octanol–water partition coefficient (Wildman–Crippen LogP) is 2.59. The van der Waals surface area contributed by atoms with E-state index in [1.54, 1.807) is 11.3 Å². The van der Waals surface area contributed by atoms with Crippen LogP contribution in [-0.4, -0.2) is 16.8 Å². The predicted molar refractivity (Wildman–Crippen MR) is 63.9 cm³/mol. The summed E-state index contributed by atoms with van der Waals surface area (Å²) in [7, 11) is 0. The number of aromatic nitrogens is 2. The van der Waals surface area contributed by atoms with Crippen LogP contribution in [0.4, 0.5) is 6.01 Å². The van der Waals surface area contributed by atoms with E-state index in [-0.39, 0.29) is 6.10 Å². The zero-order valence-corrected chi connectivity index (χ0v) is 10.1. The molecule has 0 spiro atoms. The fraction of sp³-hybridized carbons (Fsp3) is 0.455. The van der Waals surface area contributed by atoms with Crippen molar-refractivity contribution in [3.63, 3.8) is 0 Å². The Labute approximate surface area is 103 Å². The molecule has 1 aliphatic heterocycles. The van der Waals surface area contributed by atoms with Crippen LogP contribution in [0, 0.1) is 0 Å². The molecular weight excluding hydrogens is 238 g/mol. The lowest BCUT2D eigenvalue weighted by Gasteiger charge is -2.02. The first-order chi connectivity index (χ1) is 8.42. The van der Waals surface area contributed by atoms with E-state index in [1.807, 2.05) is 5.38 Å². The third-order valence-electron chi connectivity index (χ3n) is 2.67. The SMILES string of the molecule is c1cc(CNc2nnc(C3CCCO3)o2)cs1. The molecule has 1 saturated heterocycles. The minimum Gasteiger partial charge on any atom is -0.405 e. The Hall–Kier alpha value is -1.40. The van der Waals surface area contributed by atoms with Crippen molar-refractivity contribution >= 4 is 17.4 Å². The summed E-state index contributed by atoms with van der Waals surface area (Å²) in [6.07, 6.45) is 2.01. The van der Waals surface area contributed by atoms with Gasteiger partial charge in [-0.25, -0.2) is 0 Å². The molecule has 0 amide bonds. The van der Waals surface area contributed by atoms with Gasteiger partial charge in [0, 0.05) is 13.2 Å². The van der Waals surface area contributed by atoms with Crippen molar-refractivity contribution in [2.75, 3.05) is 11.9 Å². The number of ether oxygens (including phenoxy) is 1. The lowest BCUT2D eigenvalue weighted by Crippen LogP contribution is -1.97. The van der Waals surface area contributed by atoms with Gasteiger partial charge in [0.05, 0.1) is 0 Å². The minimum atomic E-state index is -0.0146. The molecule has 2 aromatic rings. The Morgan fingerprint density at radius 3 is 3.24 bits per heavy atom. The van der Waals surface area contributed by atoms with Crippen LogP contribution in [0.3, 0.4) is 0 Å². The van der Waals surface area contributed by atoms with Crippen molar-refractivity contribution in [2.45, 2.75) is 25.5 Å². The standard InChI is InChI=1S/C11H13N3O2S/c1-2-9(15-4-1)10-13-14-11(16-10)12-6-8-3-5-17-7-8/h3,5,7,9H,1-2,4,6H2,(H,12,14). The first-order valence-corrected chi connectivity index (χ1v) is 6.56. The molecule has 1 aliphatic rings. The van der Waals surface area contributed by atoms with E-state index in [1.165, 1.54) is 5.56 Å². The highest BCUT2D eigenvalue weighted by molar-refractivity contribution is 7.07. The Morgan fingerprint density at radius 1 is 1.47 bits per heavy atom. The highest BCUT2D eigenvalue weighted by Crippen LogP contribution is 2.28. The Morgan fingerprint density at radius 2 is 2.47 bits per heavy atom. The minimum absolute atomic E-state index is 0.0146. The second kappa shape index (κ2) is 4.85. The quantitative estimate of drug-likeness (QED) is 0.905. The molecule has 5 nitrogen and oxygen atoms in total.